The molecule has 4 nitrogen and oxygen atoms in total. The SMILES string of the molecule is Cc1ccsc1CN(C)Cc1ncccc1C(=O)O. The molecule has 2 aromatic rings. The molecule has 0 amide bonds. The van der Waals surface area contributed by atoms with Gasteiger partial charge in [-0.25, -0.2) is 4.79 Å². The number of carboxylic acids is 1. The molecule has 0 bridgehead atoms. The quantitative estimate of drug-likeness (QED) is 0.912. The Labute approximate surface area is 116 Å². The smallest absolute Gasteiger partial charge is 0.337 e. The number of nitrogens with zero attached hydrogens (tertiary/aromatic N) is 2. The number of carbonyl (C=O) groups is 1. The summed E-state index contributed by atoms with van der Waals surface area (Å²) < 4.78 is 0. The highest BCUT2D eigenvalue weighted by atomic mass is 32.1. The van der Waals surface area contributed by atoms with Gasteiger partial charge in [-0.15, -0.1) is 11.3 Å². The van der Waals surface area contributed by atoms with E-state index in [-0.39, 0.29) is 5.56 Å². The number of rotatable bonds is 5. The molecule has 0 unspecified atom stereocenters. The second kappa shape index (κ2) is 5.95. The lowest BCUT2D eigenvalue weighted by Crippen LogP contribution is -2.20. The van der Waals surface area contributed by atoms with Crippen LogP contribution in [0.3, 0.4) is 0 Å². The van der Waals surface area contributed by atoms with Gasteiger partial charge in [0.15, 0.2) is 0 Å². The van der Waals surface area contributed by atoms with Crippen LogP contribution in [-0.4, -0.2) is 28.0 Å². The van der Waals surface area contributed by atoms with E-state index in [0.29, 0.717) is 12.2 Å². The molecular weight excluding hydrogens is 260 g/mol. The van der Waals surface area contributed by atoms with Crippen molar-refractivity contribution in [1.82, 2.24) is 9.88 Å². The van der Waals surface area contributed by atoms with Gasteiger partial charge in [-0.1, -0.05) is 0 Å². The van der Waals surface area contributed by atoms with Crippen LogP contribution < -0.4 is 0 Å². The van der Waals surface area contributed by atoms with Crippen molar-refractivity contribution < 1.29 is 9.90 Å². The Kier molecular flexibility index (Phi) is 4.29. The van der Waals surface area contributed by atoms with Crippen LogP contribution in [0.15, 0.2) is 29.8 Å². The van der Waals surface area contributed by atoms with Crippen LogP contribution in [0.2, 0.25) is 0 Å². The van der Waals surface area contributed by atoms with Crippen molar-refractivity contribution in [2.24, 2.45) is 0 Å². The van der Waals surface area contributed by atoms with E-state index >= 15 is 0 Å². The van der Waals surface area contributed by atoms with Gasteiger partial charge in [0.05, 0.1) is 11.3 Å². The van der Waals surface area contributed by atoms with Gasteiger partial charge in [-0.3, -0.25) is 9.88 Å². The van der Waals surface area contributed by atoms with Crippen molar-refractivity contribution in [3.8, 4) is 0 Å². The van der Waals surface area contributed by atoms with Crippen molar-refractivity contribution in [3.63, 3.8) is 0 Å². The third-order valence-corrected chi connectivity index (χ3v) is 3.93. The number of pyridine rings is 1. The highest BCUT2D eigenvalue weighted by Crippen LogP contribution is 2.18. The Morgan fingerprint density at radius 3 is 2.84 bits per heavy atom. The summed E-state index contributed by atoms with van der Waals surface area (Å²) in [5.41, 5.74) is 2.15. The summed E-state index contributed by atoms with van der Waals surface area (Å²) in [6, 6.07) is 5.34. The molecule has 0 aliphatic carbocycles. The maximum atomic E-state index is 11.1. The molecule has 0 saturated heterocycles. The molecule has 100 valence electrons. The number of hydrogen-bond donors (Lipinski definition) is 1. The van der Waals surface area contributed by atoms with E-state index in [4.69, 9.17) is 5.11 Å². The lowest BCUT2D eigenvalue weighted by Gasteiger charge is -2.16. The molecule has 2 heterocycles. The number of thiophene rings is 1. The third kappa shape index (κ3) is 3.39. The Morgan fingerprint density at radius 1 is 1.42 bits per heavy atom. The fourth-order valence-corrected chi connectivity index (χ4v) is 2.87. The molecule has 2 rings (SSSR count). The minimum absolute atomic E-state index is 0.275. The molecule has 19 heavy (non-hydrogen) atoms. The van der Waals surface area contributed by atoms with Crippen molar-refractivity contribution >= 4 is 17.3 Å². The minimum Gasteiger partial charge on any atom is -0.478 e. The zero-order valence-corrected chi connectivity index (χ0v) is 11.8. The van der Waals surface area contributed by atoms with Crippen LogP contribution in [0.1, 0.15) is 26.5 Å². The number of aromatic carboxylic acids is 1. The van der Waals surface area contributed by atoms with E-state index in [1.165, 1.54) is 10.4 Å². The molecule has 0 radical (unpaired) electrons. The van der Waals surface area contributed by atoms with Gasteiger partial charge in [0, 0.05) is 24.2 Å². The summed E-state index contributed by atoms with van der Waals surface area (Å²) in [4.78, 5) is 18.7. The van der Waals surface area contributed by atoms with Crippen molar-refractivity contribution in [1.29, 1.82) is 0 Å². The molecule has 0 aromatic carbocycles. The Hall–Kier alpha value is -1.72. The highest BCUT2D eigenvalue weighted by molar-refractivity contribution is 7.10. The van der Waals surface area contributed by atoms with Gasteiger partial charge in [-0.05, 0) is 43.1 Å². The normalized spacial score (nSPS) is 10.9. The van der Waals surface area contributed by atoms with E-state index in [9.17, 15) is 4.79 Å². The molecule has 1 N–H and O–H groups in total. The van der Waals surface area contributed by atoms with Crippen LogP contribution in [0.4, 0.5) is 0 Å². The molecule has 0 aliphatic heterocycles. The maximum absolute atomic E-state index is 11.1. The van der Waals surface area contributed by atoms with E-state index in [2.05, 4.69) is 28.3 Å². The third-order valence-electron chi connectivity index (χ3n) is 2.92. The minimum atomic E-state index is -0.927. The van der Waals surface area contributed by atoms with Gasteiger partial charge in [0.2, 0.25) is 0 Å². The summed E-state index contributed by atoms with van der Waals surface area (Å²) in [5.74, 6) is -0.927. The summed E-state index contributed by atoms with van der Waals surface area (Å²) >= 11 is 1.72. The first-order chi connectivity index (χ1) is 9.08. The van der Waals surface area contributed by atoms with Crippen molar-refractivity contribution in [3.05, 3.63) is 51.5 Å². The van der Waals surface area contributed by atoms with Crippen LogP contribution in [-0.2, 0) is 13.1 Å². The fourth-order valence-electron chi connectivity index (χ4n) is 1.88. The van der Waals surface area contributed by atoms with E-state index < -0.39 is 5.97 Å². The number of aryl methyl sites for hydroxylation is 1. The first-order valence-electron chi connectivity index (χ1n) is 5.96. The average molecular weight is 276 g/mol. The highest BCUT2D eigenvalue weighted by Gasteiger charge is 2.13. The van der Waals surface area contributed by atoms with E-state index in [1.807, 2.05) is 7.05 Å². The molecule has 2 aromatic heterocycles. The Balaban J connectivity index is 2.09. The maximum Gasteiger partial charge on any atom is 0.337 e. The first kappa shape index (κ1) is 13.7. The van der Waals surface area contributed by atoms with Gasteiger partial charge >= 0.3 is 5.97 Å². The second-order valence-electron chi connectivity index (χ2n) is 4.50. The zero-order chi connectivity index (χ0) is 13.8. The molecular formula is C14H16N2O2S. The van der Waals surface area contributed by atoms with Gasteiger partial charge in [0.1, 0.15) is 0 Å². The fraction of sp³-hybridized carbons (Fsp3) is 0.286. The molecule has 0 aliphatic rings. The van der Waals surface area contributed by atoms with E-state index in [0.717, 1.165) is 6.54 Å². The first-order valence-corrected chi connectivity index (χ1v) is 6.84. The van der Waals surface area contributed by atoms with E-state index in [1.54, 1.807) is 29.7 Å². The predicted octanol–water partition coefficient (Wildman–Crippen LogP) is 2.78. The average Bonchev–Trinajstić information content (AvgIpc) is 2.75. The summed E-state index contributed by atoms with van der Waals surface area (Å²) in [7, 11) is 1.97. The number of carboxylic acid groups (broad SMARTS) is 1. The largest absolute Gasteiger partial charge is 0.478 e. The number of hydrogen-bond acceptors (Lipinski definition) is 4. The molecule has 0 spiro atoms. The number of aromatic nitrogens is 1. The van der Waals surface area contributed by atoms with Crippen molar-refractivity contribution in [2.45, 2.75) is 20.0 Å². The summed E-state index contributed by atoms with van der Waals surface area (Å²) in [5, 5.41) is 11.2. The van der Waals surface area contributed by atoms with Gasteiger partial charge in [-0.2, -0.15) is 0 Å². The van der Waals surface area contributed by atoms with Crippen molar-refractivity contribution in [2.75, 3.05) is 7.05 Å². The predicted molar refractivity (Wildman–Crippen MR) is 75.4 cm³/mol. The topological polar surface area (TPSA) is 53.4 Å². The Morgan fingerprint density at radius 2 is 2.21 bits per heavy atom. The molecule has 0 fully saturated rings. The van der Waals surface area contributed by atoms with Gasteiger partial charge < -0.3 is 5.11 Å². The molecule has 0 atom stereocenters. The standard InChI is InChI=1S/C14H16N2O2S/c1-10-5-7-19-13(10)9-16(2)8-12-11(14(17)18)4-3-6-15-12/h3-7H,8-9H2,1-2H3,(H,17,18). The summed E-state index contributed by atoms with van der Waals surface area (Å²) in [6.07, 6.45) is 1.63. The second-order valence-corrected chi connectivity index (χ2v) is 5.50. The lowest BCUT2D eigenvalue weighted by molar-refractivity contribution is 0.0694. The monoisotopic (exact) mass is 276 g/mol. The molecule has 0 saturated carbocycles. The Bertz CT molecular complexity index is 580. The van der Waals surface area contributed by atoms with Crippen LogP contribution in [0.5, 0.6) is 0 Å². The summed E-state index contributed by atoms with van der Waals surface area (Å²) in [6.45, 7) is 3.42. The molecule has 5 heteroatoms. The van der Waals surface area contributed by atoms with Crippen LogP contribution in [0.25, 0.3) is 0 Å². The van der Waals surface area contributed by atoms with Crippen LogP contribution in [0, 0.1) is 6.92 Å². The van der Waals surface area contributed by atoms with Gasteiger partial charge in [0.25, 0.3) is 0 Å². The van der Waals surface area contributed by atoms with Crippen LogP contribution >= 0.6 is 11.3 Å². The lowest BCUT2D eigenvalue weighted by atomic mass is 10.2. The zero-order valence-electron chi connectivity index (χ0n) is 11.0.